The van der Waals surface area contributed by atoms with Crippen molar-refractivity contribution in [2.45, 2.75) is 76.0 Å². The molecule has 0 saturated carbocycles. The molecule has 4 atom stereocenters. The molecule has 18 heavy (non-hydrogen) atoms. The van der Waals surface area contributed by atoms with Gasteiger partial charge in [-0.3, -0.25) is 0 Å². The van der Waals surface area contributed by atoms with E-state index in [1.807, 2.05) is 0 Å². The molecule has 2 fully saturated rings. The third-order valence-electron chi connectivity index (χ3n) is 4.58. The van der Waals surface area contributed by atoms with Crippen LogP contribution in [0.4, 0.5) is 0 Å². The summed E-state index contributed by atoms with van der Waals surface area (Å²) in [6.07, 6.45) is 13.8. The number of rotatable bonds is 2. The largest absolute Gasteiger partial charge is 0.354 e. The van der Waals surface area contributed by atoms with Gasteiger partial charge < -0.3 is 10.2 Å². The first-order valence-corrected chi connectivity index (χ1v) is 7.34. The zero-order chi connectivity index (χ0) is 12.5. The van der Waals surface area contributed by atoms with Crippen LogP contribution in [-0.2, 0) is 0 Å². The quantitative estimate of drug-likeness (QED) is 0.755. The second-order valence-electron chi connectivity index (χ2n) is 6.01. The highest BCUT2D eigenvalue weighted by Crippen LogP contribution is 2.34. The highest BCUT2D eigenvalue weighted by atomic mass is 15.4. The molecule has 0 bridgehead atoms. The molecule has 0 unspecified atom stereocenters. The van der Waals surface area contributed by atoms with Crippen molar-refractivity contribution in [1.82, 2.24) is 10.2 Å². The number of terminal acetylenes is 1. The van der Waals surface area contributed by atoms with E-state index in [0.29, 0.717) is 18.1 Å². The SMILES string of the molecule is C#CCC[C@H]1C[C@H]2CCC[C@H]3C[C@@H](C)NC(=N1)N23. The molecule has 0 spiro atoms. The van der Waals surface area contributed by atoms with E-state index in [0.717, 1.165) is 24.8 Å². The van der Waals surface area contributed by atoms with Gasteiger partial charge in [-0.25, -0.2) is 4.99 Å². The maximum absolute atomic E-state index is 5.38. The summed E-state index contributed by atoms with van der Waals surface area (Å²) in [5.74, 6) is 3.91. The van der Waals surface area contributed by atoms with E-state index in [1.54, 1.807) is 0 Å². The van der Waals surface area contributed by atoms with Crippen molar-refractivity contribution in [2.75, 3.05) is 0 Å². The topological polar surface area (TPSA) is 27.6 Å². The molecule has 1 N–H and O–H groups in total. The molecule has 0 aliphatic carbocycles. The van der Waals surface area contributed by atoms with Gasteiger partial charge in [0.1, 0.15) is 0 Å². The lowest BCUT2D eigenvalue weighted by Gasteiger charge is -2.52. The molecule has 3 heteroatoms. The molecule has 0 aromatic carbocycles. The summed E-state index contributed by atoms with van der Waals surface area (Å²) >= 11 is 0. The van der Waals surface area contributed by atoms with Crippen LogP contribution >= 0.6 is 0 Å². The van der Waals surface area contributed by atoms with E-state index in [2.05, 4.69) is 23.1 Å². The first-order chi connectivity index (χ1) is 8.78. The Labute approximate surface area is 110 Å². The molecular formula is C15H23N3. The van der Waals surface area contributed by atoms with Crippen molar-refractivity contribution in [3.05, 3.63) is 0 Å². The Hall–Kier alpha value is -1.17. The molecule has 0 amide bonds. The minimum atomic E-state index is 0.439. The summed E-state index contributed by atoms with van der Waals surface area (Å²) in [6.45, 7) is 2.27. The van der Waals surface area contributed by atoms with Crippen molar-refractivity contribution in [3.8, 4) is 12.3 Å². The highest BCUT2D eigenvalue weighted by Gasteiger charge is 2.40. The van der Waals surface area contributed by atoms with E-state index >= 15 is 0 Å². The lowest BCUT2D eigenvalue weighted by molar-refractivity contribution is 0.103. The van der Waals surface area contributed by atoms with Crippen molar-refractivity contribution >= 4 is 5.96 Å². The Morgan fingerprint density at radius 1 is 1.39 bits per heavy atom. The summed E-state index contributed by atoms with van der Waals surface area (Å²) < 4.78 is 0. The van der Waals surface area contributed by atoms with Crippen molar-refractivity contribution in [3.63, 3.8) is 0 Å². The highest BCUT2D eigenvalue weighted by molar-refractivity contribution is 5.82. The van der Waals surface area contributed by atoms with Crippen LogP contribution in [0.25, 0.3) is 0 Å². The molecule has 3 aliphatic heterocycles. The zero-order valence-electron chi connectivity index (χ0n) is 11.2. The Balaban J connectivity index is 1.80. The maximum atomic E-state index is 5.38. The van der Waals surface area contributed by atoms with Crippen LogP contribution in [-0.4, -0.2) is 35.0 Å². The molecule has 3 nitrogen and oxygen atoms in total. The van der Waals surface area contributed by atoms with Gasteiger partial charge in [-0.15, -0.1) is 12.3 Å². The summed E-state index contributed by atoms with van der Waals surface area (Å²) in [7, 11) is 0. The van der Waals surface area contributed by atoms with Gasteiger partial charge in [-0.2, -0.15) is 0 Å². The van der Waals surface area contributed by atoms with Gasteiger partial charge in [-0.1, -0.05) is 0 Å². The first-order valence-electron chi connectivity index (χ1n) is 7.34. The van der Waals surface area contributed by atoms with Gasteiger partial charge in [0.2, 0.25) is 0 Å². The molecule has 0 aromatic rings. The van der Waals surface area contributed by atoms with Gasteiger partial charge in [0, 0.05) is 24.5 Å². The Kier molecular flexibility index (Phi) is 3.20. The molecule has 0 aromatic heterocycles. The van der Waals surface area contributed by atoms with Gasteiger partial charge in [-0.05, 0) is 45.4 Å². The summed E-state index contributed by atoms with van der Waals surface area (Å²) in [6, 6.07) is 2.44. The number of guanidine groups is 1. The average Bonchev–Trinajstić information content (AvgIpc) is 2.36. The van der Waals surface area contributed by atoms with Crippen LogP contribution in [0.1, 0.15) is 51.9 Å². The van der Waals surface area contributed by atoms with Crippen LogP contribution in [0.3, 0.4) is 0 Å². The Morgan fingerprint density at radius 3 is 2.94 bits per heavy atom. The number of hydrogen-bond acceptors (Lipinski definition) is 3. The van der Waals surface area contributed by atoms with Gasteiger partial charge in [0.25, 0.3) is 0 Å². The molecular weight excluding hydrogens is 222 g/mol. The number of nitrogens with zero attached hydrogens (tertiary/aromatic N) is 2. The second-order valence-corrected chi connectivity index (χ2v) is 6.01. The number of piperidine rings is 1. The Morgan fingerprint density at radius 2 is 2.17 bits per heavy atom. The van der Waals surface area contributed by atoms with Crippen molar-refractivity contribution in [1.29, 1.82) is 0 Å². The number of hydrogen-bond donors (Lipinski definition) is 1. The van der Waals surface area contributed by atoms with Crippen LogP contribution < -0.4 is 5.32 Å². The monoisotopic (exact) mass is 245 g/mol. The predicted octanol–water partition coefficient (Wildman–Crippen LogP) is 2.13. The lowest BCUT2D eigenvalue weighted by atomic mass is 9.85. The first kappa shape index (κ1) is 11.9. The lowest BCUT2D eigenvalue weighted by Crippen LogP contribution is -2.64. The normalized spacial score (nSPS) is 38.2. The number of aliphatic imine (C=N–C) groups is 1. The van der Waals surface area contributed by atoms with E-state index in [1.165, 1.54) is 32.1 Å². The molecule has 0 radical (unpaired) electrons. The third kappa shape index (κ3) is 2.09. The van der Waals surface area contributed by atoms with Gasteiger partial charge in [0.05, 0.1) is 6.04 Å². The molecule has 3 rings (SSSR count). The summed E-state index contributed by atoms with van der Waals surface area (Å²) in [4.78, 5) is 7.49. The van der Waals surface area contributed by atoms with Gasteiger partial charge in [0.15, 0.2) is 5.96 Å². The van der Waals surface area contributed by atoms with Crippen LogP contribution in [0, 0.1) is 12.3 Å². The maximum Gasteiger partial charge on any atom is 0.194 e. The minimum absolute atomic E-state index is 0.439. The van der Waals surface area contributed by atoms with E-state index in [9.17, 15) is 0 Å². The standard InChI is InChI=1S/C15H23N3/c1-3-4-6-12-10-14-8-5-7-13-9-11(2)16-15(17-12)18(13)14/h1,11-14H,4-10H2,2H3,(H,16,17)/t11-,12+,13+,14-/m1/s1. The van der Waals surface area contributed by atoms with E-state index in [-0.39, 0.29) is 0 Å². The van der Waals surface area contributed by atoms with Crippen molar-refractivity contribution < 1.29 is 0 Å². The molecule has 3 heterocycles. The third-order valence-corrected chi connectivity index (χ3v) is 4.58. The Bertz CT molecular complexity index is 382. The minimum Gasteiger partial charge on any atom is -0.354 e. The molecule has 3 aliphatic rings. The van der Waals surface area contributed by atoms with Crippen molar-refractivity contribution in [2.24, 2.45) is 4.99 Å². The fourth-order valence-corrected chi connectivity index (χ4v) is 3.81. The number of nitrogens with one attached hydrogen (secondary N) is 1. The molecule has 2 saturated heterocycles. The predicted molar refractivity (Wildman–Crippen MR) is 74.4 cm³/mol. The zero-order valence-corrected chi connectivity index (χ0v) is 11.2. The summed E-state index contributed by atoms with van der Waals surface area (Å²) in [5, 5.41) is 3.58. The van der Waals surface area contributed by atoms with Crippen LogP contribution in [0.15, 0.2) is 4.99 Å². The molecule has 98 valence electrons. The smallest absolute Gasteiger partial charge is 0.194 e. The van der Waals surface area contributed by atoms with Gasteiger partial charge >= 0.3 is 0 Å². The van der Waals surface area contributed by atoms with E-state index < -0.39 is 0 Å². The second kappa shape index (κ2) is 4.84. The summed E-state index contributed by atoms with van der Waals surface area (Å²) in [5.41, 5.74) is 0. The van der Waals surface area contributed by atoms with Crippen LogP contribution in [0.2, 0.25) is 0 Å². The van der Waals surface area contributed by atoms with Crippen LogP contribution in [0.5, 0.6) is 0 Å². The van der Waals surface area contributed by atoms with E-state index in [4.69, 9.17) is 11.4 Å². The average molecular weight is 245 g/mol. The fourth-order valence-electron chi connectivity index (χ4n) is 3.81. The fraction of sp³-hybridized carbons (Fsp3) is 0.800.